The topological polar surface area (TPSA) is 513 Å². The van der Waals surface area contributed by atoms with E-state index in [4.69, 9.17) is 57.4 Å². The molecule has 2 fully saturated rings. The molecule has 36 heteroatoms. The molecule has 12 rings (SSSR count). The van der Waals surface area contributed by atoms with Crippen molar-refractivity contribution < 1.29 is 118 Å². The molecule has 1 aliphatic carbocycles. The van der Waals surface area contributed by atoms with Crippen molar-refractivity contribution in [2.75, 3.05) is 13.7 Å². The zero-order valence-electron chi connectivity index (χ0n) is 55.3. The summed E-state index contributed by atoms with van der Waals surface area (Å²) in [5.74, 6) is -16.3. The van der Waals surface area contributed by atoms with E-state index in [-0.39, 0.29) is 63.1 Å². The van der Waals surface area contributed by atoms with Crippen LogP contribution in [0.25, 0.3) is 0 Å². The van der Waals surface area contributed by atoms with E-state index < -0.39 is 221 Å². The summed E-state index contributed by atoms with van der Waals surface area (Å²) in [7, 11) is 2.68. The number of aromatic hydroxyl groups is 1. The van der Waals surface area contributed by atoms with E-state index in [9.17, 15) is 74.7 Å². The minimum atomic E-state index is -2.32. The van der Waals surface area contributed by atoms with Crippen LogP contribution in [-0.4, -0.2) is 206 Å². The molecule has 546 valence electrons. The number of carboxylic acids is 1. The molecule has 4 aromatic rings. The number of aliphatic hydroxyl groups is 7. The van der Waals surface area contributed by atoms with Crippen LogP contribution in [0.4, 0.5) is 4.79 Å². The Balaban J connectivity index is 1.22. The molecule has 2 saturated heterocycles. The van der Waals surface area contributed by atoms with E-state index in [1.54, 1.807) is 0 Å². The number of carbonyl (C=O) groups excluding carboxylic acids is 8. The number of rotatable bonds is 14. The fraction of sp³-hybridized carbons (Fsp3) is 0.439. The van der Waals surface area contributed by atoms with Crippen molar-refractivity contribution in [3.8, 4) is 34.5 Å². The highest BCUT2D eigenvalue weighted by atomic mass is 35.5. The molecule has 4 aromatic carbocycles. The van der Waals surface area contributed by atoms with Crippen LogP contribution in [0.5, 0.6) is 34.5 Å². The Labute approximate surface area is 591 Å². The summed E-state index contributed by atoms with van der Waals surface area (Å²) < 4.78 is 38.5. The maximum atomic E-state index is 16.0. The number of halogens is 2. The number of phenols is 1. The third-order valence-electron chi connectivity index (χ3n) is 18.2. The van der Waals surface area contributed by atoms with E-state index in [1.165, 1.54) is 40.9 Å². The SMILES string of the molecule is BC(=O)N[C@@]1(C)C[C@H](O[C@H]2[C@H](Oc3c4cc5cc3Oc3ccc(cc3Cl)[C@@H](O)[C@@H](NC(=O)[C@@H](CC(C)C)NC)C(=O)N[C@@H](CC(N)=O)C(=O)N[C@H]5C(=O)N[C@H]3C(=O)N[C@H](C(=O)N[C@H](C(=O)O)C5=CC(O)=CC5c5cc3ccc5O)[C@H](O)c3ccc(c(Cl)c3)O4)O[C@H](CO)[C@@H](O)[C@@H]2O)O[C@@H](C)[C@H]1O. The Bertz CT molecular complexity index is 4060. The number of nitrogens with one attached hydrogen (secondary N) is 8. The number of carboxylic acid groups (broad SMARTS) is 1. The number of hydrogen-bond acceptors (Lipinski definition) is 24. The van der Waals surface area contributed by atoms with Crippen LogP contribution < -0.4 is 62.5 Å². The zero-order valence-corrected chi connectivity index (χ0v) is 56.8. The van der Waals surface area contributed by atoms with Crippen molar-refractivity contribution in [1.29, 1.82) is 0 Å². The number of likely N-dealkylation sites (N-methyl/N-ethyl adjacent to an activating group) is 1. The molecule has 7 aliphatic heterocycles. The molecule has 0 radical (unpaired) electrons. The number of primary amides is 1. The van der Waals surface area contributed by atoms with Gasteiger partial charge in [0.1, 0.15) is 95.9 Å². The van der Waals surface area contributed by atoms with Crippen LogP contribution in [0, 0.1) is 5.92 Å². The monoisotopic (exact) mass is 1460 g/mol. The molecular weight excluding hydrogens is 1380 g/mol. The highest BCUT2D eigenvalue weighted by Gasteiger charge is 2.52. The van der Waals surface area contributed by atoms with Crippen LogP contribution in [0.3, 0.4) is 0 Å². The molecule has 11 bridgehead atoms. The second-order valence-electron chi connectivity index (χ2n) is 26.1. The van der Waals surface area contributed by atoms with E-state index in [1.807, 2.05) is 13.8 Å². The highest BCUT2D eigenvalue weighted by molar-refractivity contribution is 6.57. The third-order valence-corrected chi connectivity index (χ3v) is 18.8. The lowest BCUT2D eigenvalue weighted by Crippen LogP contribution is -2.66. The molecule has 8 aliphatic rings. The summed E-state index contributed by atoms with van der Waals surface area (Å²) in [6.45, 7) is 5.62. The number of hydrogen-bond donors (Lipinski definition) is 18. The van der Waals surface area contributed by atoms with Crippen LogP contribution in [-0.2, 0) is 52.6 Å². The maximum absolute atomic E-state index is 16.0. The van der Waals surface area contributed by atoms with Crippen molar-refractivity contribution in [1.82, 2.24) is 42.5 Å². The average molecular weight is 1460 g/mol. The third kappa shape index (κ3) is 16.0. The van der Waals surface area contributed by atoms with Crippen molar-refractivity contribution in [2.24, 2.45) is 11.7 Å². The lowest BCUT2D eigenvalue weighted by Gasteiger charge is -2.48. The van der Waals surface area contributed by atoms with Gasteiger partial charge in [0.15, 0.2) is 29.7 Å². The molecule has 102 heavy (non-hydrogen) atoms. The van der Waals surface area contributed by atoms with Crippen LogP contribution in [0.2, 0.25) is 10.0 Å². The summed E-state index contributed by atoms with van der Waals surface area (Å²) >= 11 is 14.1. The first-order chi connectivity index (χ1) is 48.2. The minimum Gasteiger partial charge on any atom is -0.508 e. The number of amides is 8. The predicted octanol–water partition coefficient (Wildman–Crippen LogP) is -0.795. The zero-order chi connectivity index (χ0) is 74.2. The van der Waals surface area contributed by atoms with Gasteiger partial charge in [-0.2, -0.15) is 0 Å². The fourth-order valence-corrected chi connectivity index (χ4v) is 13.5. The first-order valence-electron chi connectivity index (χ1n) is 32.2. The van der Waals surface area contributed by atoms with Crippen LogP contribution in [0.15, 0.2) is 90.2 Å². The Morgan fingerprint density at radius 1 is 0.755 bits per heavy atom. The van der Waals surface area contributed by atoms with E-state index in [0.29, 0.717) is 0 Å². The first kappa shape index (κ1) is 75.5. The van der Waals surface area contributed by atoms with Gasteiger partial charge in [-0.15, -0.1) is 0 Å². The second-order valence-corrected chi connectivity index (χ2v) is 26.9. The number of carbonyl (C=O) groups is 9. The number of aliphatic hydroxyl groups excluding tert-OH is 7. The van der Waals surface area contributed by atoms with Crippen LogP contribution in [0.1, 0.15) is 105 Å². The van der Waals surface area contributed by atoms with Gasteiger partial charge in [-0.05, 0) is 122 Å². The number of phenolic OH excluding ortho intramolecular Hbond substituents is 1. The Kier molecular flexibility index (Phi) is 22.8. The highest BCUT2D eigenvalue weighted by Crippen LogP contribution is 2.49. The van der Waals surface area contributed by atoms with Crippen molar-refractivity contribution in [3.63, 3.8) is 0 Å². The van der Waals surface area contributed by atoms with Gasteiger partial charge in [-0.3, -0.25) is 38.4 Å². The number of fused-ring (bicyclic) bond motifs is 15. The van der Waals surface area contributed by atoms with Gasteiger partial charge in [-0.25, -0.2) is 4.79 Å². The first-order valence-corrected chi connectivity index (χ1v) is 32.9. The summed E-state index contributed by atoms with van der Waals surface area (Å²) in [5, 5.41) is 122. The van der Waals surface area contributed by atoms with Gasteiger partial charge >= 0.3 is 5.97 Å². The fourth-order valence-electron chi connectivity index (χ4n) is 13.0. The van der Waals surface area contributed by atoms with Gasteiger partial charge in [0.05, 0.1) is 40.8 Å². The second kappa shape index (κ2) is 30.8. The molecule has 1 unspecified atom stereocenters. The van der Waals surface area contributed by atoms with E-state index in [2.05, 4.69) is 42.5 Å². The number of benzene rings is 4. The number of ether oxygens (including phenoxy) is 6. The molecule has 0 saturated carbocycles. The molecule has 0 spiro atoms. The van der Waals surface area contributed by atoms with Gasteiger partial charge in [0.2, 0.25) is 61.2 Å². The molecule has 19 atom stereocenters. The molecule has 8 amide bonds. The van der Waals surface area contributed by atoms with Gasteiger partial charge in [0.25, 0.3) is 0 Å². The summed E-state index contributed by atoms with van der Waals surface area (Å²) in [5.41, 5.74) is 2.75. The van der Waals surface area contributed by atoms with Crippen molar-refractivity contribution >= 4 is 84.2 Å². The van der Waals surface area contributed by atoms with E-state index >= 15 is 14.4 Å². The average Bonchev–Trinajstić information content (AvgIpc) is 1.27. The van der Waals surface area contributed by atoms with Crippen LogP contribution >= 0.6 is 23.2 Å². The maximum Gasteiger partial charge on any atom is 0.330 e. The van der Waals surface area contributed by atoms with Gasteiger partial charge in [0, 0.05) is 17.9 Å². The minimum absolute atomic E-state index is 0.0948. The number of allylic oxidation sites excluding steroid dienone is 2. The Morgan fingerprint density at radius 2 is 1.36 bits per heavy atom. The smallest absolute Gasteiger partial charge is 0.330 e. The van der Waals surface area contributed by atoms with Crippen molar-refractivity contribution in [2.45, 2.75) is 162 Å². The summed E-state index contributed by atoms with van der Waals surface area (Å²) in [6.07, 6.45) is -16.8. The number of aliphatic carboxylic acids is 1. The molecular formula is C66H76BCl2N9O24. The van der Waals surface area contributed by atoms with E-state index in [0.717, 1.165) is 66.7 Å². The standard InChI is InChI=1S/C66H76BCl2N9O24/c1-23(2)12-35(71-5)57(88)76-48-50(83)26-7-10-38(33(68)14-26)98-40-16-28-17-41(54(40)102-64-55(53(86)52(85)42(22-79)100-64)101-44-21-66(4,78-65(67)96)56(87)24(3)97-44)99-39-11-8-27(15-34(39)69)51(84)49-62(93)75-47(63(94)95)32-19-29(80)18-30(32)31-13-25(6-9-37(31)81)45(59(90)77-49)74-60(91)46(28)73-58(89)36(20-43(70)82)72-61(48)92/h6-11,13-19,23-24,30,35-36,42,44-53,55-56,64,71,79-81,83-87H,12,20-22,67H2,1-5H3,(H2,70,82)(H,72,92)(H,73,89)(H,74,91)(H,75,93)(H,76,88)(H,77,90)(H,78,96)(H,94,95)/t24-,30?,35+,36-,42+,44-,45+,46+,47-,48+,49-,50+,51+,52+,53-,55+,56+,64-,66-/m0/s1. The Morgan fingerprint density at radius 3 is 1.95 bits per heavy atom. The molecule has 33 nitrogen and oxygen atoms in total. The molecule has 19 N–H and O–H groups in total. The summed E-state index contributed by atoms with van der Waals surface area (Å²) in [4.78, 5) is 129. The lowest BCUT2D eigenvalue weighted by molar-refractivity contribution is -0.334. The molecule has 7 heterocycles. The quantitative estimate of drug-likeness (QED) is 0.0688. The van der Waals surface area contributed by atoms with Gasteiger partial charge < -0.3 is 123 Å². The predicted molar refractivity (Wildman–Crippen MR) is 356 cm³/mol. The Hall–Kier alpha value is -9.17. The number of nitrogens with two attached hydrogens (primary N) is 1. The normalized spacial score (nSPS) is 30.6. The lowest BCUT2D eigenvalue weighted by atomic mass is 9.84. The summed E-state index contributed by atoms with van der Waals surface area (Å²) in [6, 6.07) is -1.47. The largest absolute Gasteiger partial charge is 0.508 e. The van der Waals surface area contributed by atoms with Gasteiger partial charge in [-0.1, -0.05) is 55.2 Å². The van der Waals surface area contributed by atoms with Crippen molar-refractivity contribution in [3.05, 3.63) is 128 Å². The molecule has 0 aromatic heterocycles.